The summed E-state index contributed by atoms with van der Waals surface area (Å²) in [5.74, 6) is 0.0921. The number of rotatable bonds is 6. The summed E-state index contributed by atoms with van der Waals surface area (Å²) in [5.41, 5.74) is 5.60. The average Bonchev–Trinajstić information content (AvgIpc) is 2.50. The lowest BCUT2D eigenvalue weighted by molar-refractivity contribution is -0.123. The molecular formula is C15H17N3OS. The Balaban J connectivity index is 2.26. The summed E-state index contributed by atoms with van der Waals surface area (Å²) in [5, 5.41) is 3.94. The predicted molar refractivity (Wildman–Crippen MR) is 81.3 cm³/mol. The SMILES string of the molecule is CNC(CSc1ccccn1)(C(N)=O)c1ccccc1. The van der Waals surface area contributed by atoms with Gasteiger partial charge in [0.2, 0.25) is 5.91 Å². The van der Waals surface area contributed by atoms with Crippen LogP contribution in [0.1, 0.15) is 5.56 Å². The molecule has 0 aliphatic heterocycles. The van der Waals surface area contributed by atoms with E-state index in [0.717, 1.165) is 10.6 Å². The number of amides is 1. The van der Waals surface area contributed by atoms with E-state index < -0.39 is 11.4 Å². The summed E-state index contributed by atoms with van der Waals surface area (Å²) in [7, 11) is 1.75. The van der Waals surface area contributed by atoms with Gasteiger partial charge in [0.05, 0.1) is 5.03 Å². The highest BCUT2D eigenvalue weighted by molar-refractivity contribution is 7.99. The number of carbonyl (C=O) groups is 1. The molecular weight excluding hydrogens is 270 g/mol. The Hall–Kier alpha value is -1.85. The summed E-state index contributed by atoms with van der Waals surface area (Å²) in [6.45, 7) is 0. The molecule has 2 rings (SSSR count). The van der Waals surface area contributed by atoms with Gasteiger partial charge in [-0.3, -0.25) is 4.79 Å². The fraction of sp³-hybridized carbons (Fsp3) is 0.200. The number of aromatic nitrogens is 1. The highest BCUT2D eigenvalue weighted by Gasteiger charge is 2.37. The third-order valence-corrected chi connectivity index (χ3v) is 4.30. The lowest BCUT2D eigenvalue weighted by Crippen LogP contribution is -2.53. The van der Waals surface area contributed by atoms with Gasteiger partial charge < -0.3 is 11.1 Å². The summed E-state index contributed by atoms with van der Waals surface area (Å²) in [6.07, 6.45) is 1.73. The number of nitrogens with two attached hydrogens (primary N) is 1. The van der Waals surface area contributed by atoms with Gasteiger partial charge in [-0.1, -0.05) is 36.4 Å². The van der Waals surface area contributed by atoms with Crippen LogP contribution in [0.5, 0.6) is 0 Å². The van der Waals surface area contributed by atoms with Crippen molar-refractivity contribution in [2.24, 2.45) is 5.73 Å². The van der Waals surface area contributed by atoms with E-state index in [2.05, 4.69) is 10.3 Å². The van der Waals surface area contributed by atoms with Gasteiger partial charge >= 0.3 is 0 Å². The monoisotopic (exact) mass is 287 g/mol. The van der Waals surface area contributed by atoms with E-state index in [9.17, 15) is 4.79 Å². The fourth-order valence-electron chi connectivity index (χ4n) is 1.97. The largest absolute Gasteiger partial charge is 0.368 e. The van der Waals surface area contributed by atoms with Gasteiger partial charge in [0, 0.05) is 11.9 Å². The number of nitrogens with one attached hydrogen (secondary N) is 1. The summed E-state index contributed by atoms with van der Waals surface area (Å²) < 4.78 is 0. The molecule has 1 heterocycles. The Bertz CT molecular complexity index is 562. The van der Waals surface area contributed by atoms with Gasteiger partial charge in [-0.25, -0.2) is 4.98 Å². The molecule has 1 atom stereocenters. The molecule has 2 aromatic rings. The van der Waals surface area contributed by atoms with Gasteiger partial charge in [0.1, 0.15) is 5.54 Å². The van der Waals surface area contributed by atoms with E-state index in [1.54, 1.807) is 13.2 Å². The van der Waals surface area contributed by atoms with E-state index in [-0.39, 0.29) is 0 Å². The second-order valence-electron chi connectivity index (χ2n) is 4.34. The average molecular weight is 287 g/mol. The van der Waals surface area contributed by atoms with Crippen molar-refractivity contribution in [2.45, 2.75) is 10.6 Å². The second-order valence-corrected chi connectivity index (χ2v) is 5.34. The van der Waals surface area contributed by atoms with Crippen LogP contribution in [0.2, 0.25) is 0 Å². The first-order valence-electron chi connectivity index (χ1n) is 6.27. The van der Waals surface area contributed by atoms with Crippen molar-refractivity contribution in [3.63, 3.8) is 0 Å². The molecule has 0 aliphatic rings. The Morgan fingerprint density at radius 3 is 2.50 bits per heavy atom. The lowest BCUT2D eigenvalue weighted by atomic mass is 9.91. The van der Waals surface area contributed by atoms with Crippen molar-refractivity contribution in [3.8, 4) is 0 Å². The molecule has 0 fully saturated rings. The topological polar surface area (TPSA) is 68.0 Å². The van der Waals surface area contributed by atoms with Crippen molar-refractivity contribution >= 4 is 17.7 Å². The maximum absolute atomic E-state index is 12.0. The number of likely N-dealkylation sites (N-methyl/N-ethyl adjacent to an activating group) is 1. The zero-order valence-corrected chi connectivity index (χ0v) is 12.1. The highest BCUT2D eigenvalue weighted by atomic mass is 32.2. The molecule has 0 aliphatic carbocycles. The summed E-state index contributed by atoms with van der Waals surface area (Å²) in [4.78, 5) is 16.3. The normalized spacial score (nSPS) is 13.7. The highest BCUT2D eigenvalue weighted by Crippen LogP contribution is 2.28. The third kappa shape index (κ3) is 3.00. The standard InChI is InChI=1S/C15H17N3OS/c1-17-15(14(16)19,12-7-3-2-4-8-12)11-20-13-9-5-6-10-18-13/h2-10,17H,11H2,1H3,(H2,16,19). The van der Waals surface area contributed by atoms with E-state index in [0.29, 0.717) is 5.75 Å². The third-order valence-electron chi connectivity index (χ3n) is 3.19. The molecule has 3 N–H and O–H groups in total. The Labute approximate surface area is 122 Å². The molecule has 20 heavy (non-hydrogen) atoms. The van der Waals surface area contributed by atoms with Crippen LogP contribution in [0.25, 0.3) is 0 Å². The van der Waals surface area contributed by atoms with Crippen molar-refractivity contribution < 1.29 is 4.79 Å². The maximum Gasteiger partial charge on any atom is 0.243 e. The molecule has 104 valence electrons. The predicted octanol–water partition coefficient (Wildman–Crippen LogP) is 1.77. The number of primary amides is 1. The number of hydrogen-bond donors (Lipinski definition) is 2. The van der Waals surface area contributed by atoms with Gasteiger partial charge in [0.15, 0.2) is 0 Å². The first kappa shape index (κ1) is 14.6. The first-order chi connectivity index (χ1) is 9.69. The number of carbonyl (C=O) groups excluding carboxylic acids is 1. The second kappa shape index (κ2) is 6.54. The van der Waals surface area contributed by atoms with E-state index in [4.69, 9.17) is 5.73 Å². The molecule has 4 nitrogen and oxygen atoms in total. The number of pyridine rings is 1. The minimum atomic E-state index is -0.899. The molecule has 0 spiro atoms. The molecule has 1 aromatic heterocycles. The van der Waals surface area contributed by atoms with E-state index in [1.807, 2.05) is 48.5 Å². The molecule has 1 aromatic carbocycles. The van der Waals surface area contributed by atoms with Crippen molar-refractivity contribution in [1.82, 2.24) is 10.3 Å². The maximum atomic E-state index is 12.0. The quantitative estimate of drug-likeness (QED) is 0.795. The molecule has 5 heteroatoms. The van der Waals surface area contributed by atoms with Crippen LogP contribution in [0.4, 0.5) is 0 Å². The van der Waals surface area contributed by atoms with Gasteiger partial charge in [-0.2, -0.15) is 0 Å². The summed E-state index contributed by atoms with van der Waals surface area (Å²) >= 11 is 1.50. The summed E-state index contributed by atoms with van der Waals surface area (Å²) in [6, 6.07) is 15.2. The Kier molecular flexibility index (Phi) is 4.76. The molecule has 1 amide bonds. The fourth-order valence-corrected chi connectivity index (χ4v) is 3.10. The van der Waals surface area contributed by atoms with Crippen LogP contribution < -0.4 is 11.1 Å². The Morgan fingerprint density at radius 1 is 1.25 bits per heavy atom. The Morgan fingerprint density at radius 2 is 1.95 bits per heavy atom. The van der Waals surface area contributed by atoms with Crippen LogP contribution in [0.15, 0.2) is 59.8 Å². The van der Waals surface area contributed by atoms with Crippen molar-refractivity contribution in [1.29, 1.82) is 0 Å². The molecule has 0 bridgehead atoms. The zero-order chi connectivity index (χ0) is 14.4. The smallest absolute Gasteiger partial charge is 0.243 e. The molecule has 0 saturated carbocycles. The number of nitrogens with zero attached hydrogens (tertiary/aromatic N) is 1. The minimum Gasteiger partial charge on any atom is -0.368 e. The van der Waals surface area contributed by atoms with Crippen molar-refractivity contribution in [3.05, 3.63) is 60.3 Å². The van der Waals surface area contributed by atoms with Gasteiger partial charge in [-0.05, 0) is 24.7 Å². The minimum absolute atomic E-state index is 0.394. The number of hydrogen-bond acceptors (Lipinski definition) is 4. The van der Waals surface area contributed by atoms with Gasteiger partial charge in [0.25, 0.3) is 0 Å². The van der Waals surface area contributed by atoms with Crippen LogP contribution in [0.3, 0.4) is 0 Å². The molecule has 1 unspecified atom stereocenters. The zero-order valence-electron chi connectivity index (χ0n) is 11.2. The van der Waals surface area contributed by atoms with Crippen LogP contribution in [-0.4, -0.2) is 23.7 Å². The molecule has 0 saturated heterocycles. The number of thioether (sulfide) groups is 1. The van der Waals surface area contributed by atoms with Crippen molar-refractivity contribution in [2.75, 3.05) is 12.8 Å². The van der Waals surface area contributed by atoms with E-state index >= 15 is 0 Å². The lowest BCUT2D eigenvalue weighted by Gasteiger charge is -2.30. The molecule has 0 radical (unpaired) electrons. The van der Waals surface area contributed by atoms with Crippen LogP contribution in [0, 0.1) is 0 Å². The number of benzene rings is 1. The van der Waals surface area contributed by atoms with Crippen LogP contribution >= 0.6 is 11.8 Å². The van der Waals surface area contributed by atoms with E-state index in [1.165, 1.54) is 11.8 Å². The van der Waals surface area contributed by atoms with Gasteiger partial charge in [-0.15, -0.1) is 11.8 Å². The first-order valence-corrected chi connectivity index (χ1v) is 7.26. The van der Waals surface area contributed by atoms with Crippen LogP contribution in [-0.2, 0) is 10.3 Å².